The van der Waals surface area contributed by atoms with Gasteiger partial charge in [-0.1, -0.05) is 62.4 Å². The van der Waals surface area contributed by atoms with E-state index in [1.807, 2.05) is 79.4 Å². The van der Waals surface area contributed by atoms with Gasteiger partial charge in [-0.05, 0) is 34.4 Å². The maximum Gasteiger partial charge on any atom is 0.245 e. The molecule has 1 N–H and O–H groups in total. The zero-order valence-corrected chi connectivity index (χ0v) is 18.7. The third kappa shape index (κ3) is 4.90. The van der Waals surface area contributed by atoms with Crippen LogP contribution in [0.2, 0.25) is 0 Å². The number of pyridine rings is 1. The van der Waals surface area contributed by atoms with E-state index in [0.29, 0.717) is 13.1 Å². The highest BCUT2D eigenvalue weighted by Gasteiger charge is 2.31. The Bertz CT molecular complexity index is 1070. The minimum absolute atomic E-state index is 0.00721. The molecule has 1 aromatic heterocycles. The highest BCUT2D eigenvalue weighted by atomic mass is 16.2. The van der Waals surface area contributed by atoms with Gasteiger partial charge in [-0.15, -0.1) is 0 Å². The van der Waals surface area contributed by atoms with Gasteiger partial charge in [0.15, 0.2) is 0 Å². The van der Waals surface area contributed by atoms with Crippen LogP contribution in [0.4, 0.5) is 5.82 Å². The van der Waals surface area contributed by atoms with Crippen molar-refractivity contribution < 1.29 is 9.59 Å². The molecule has 2 aromatic carbocycles. The van der Waals surface area contributed by atoms with Crippen LogP contribution in [0.25, 0.3) is 10.8 Å². The monoisotopic (exact) mass is 430 g/mol. The largest absolute Gasteiger partial charge is 0.353 e. The van der Waals surface area contributed by atoms with Crippen LogP contribution in [-0.4, -0.2) is 53.9 Å². The summed E-state index contributed by atoms with van der Waals surface area (Å²) in [6.07, 6.45) is 2.04. The molecule has 32 heavy (non-hydrogen) atoms. The fourth-order valence-electron chi connectivity index (χ4n) is 4.25. The zero-order valence-electron chi connectivity index (χ0n) is 18.7. The average Bonchev–Trinajstić information content (AvgIpc) is 2.83. The highest BCUT2D eigenvalue weighted by molar-refractivity contribution is 5.92. The number of amides is 2. The number of hydrogen-bond acceptors (Lipinski definition) is 4. The van der Waals surface area contributed by atoms with Gasteiger partial charge in [-0.25, -0.2) is 4.98 Å². The fourth-order valence-corrected chi connectivity index (χ4v) is 4.25. The molecule has 6 heteroatoms. The summed E-state index contributed by atoms with van der Waals surface area (Å²) in [6.45, 7) is 6.67. The summed E-state index contributed by atoms with van der Waals surface area (Å²) in [7, 11) is 0. The molecule has 6 nitrogen and oxygen atoms in total. The Kier molecular flexibility index (Phi) is 6.69. The van der Waals surface area contributed by atoms with Gasteiger partial charge in [0.25, 0.3) is 0 Å². The molecule has 1 aliphatic heterocycles. The standard InChI is InChI=1S/C26H30N4O2/c1-19(2)25(26(32)30-16-14-29(15-17-30)23-12-5-6-13-27-23)28-24(31)18-21-10-7-9-20-8-3-4-11-22(20)21/h3-13,19,25H,14-18H2,1-2H3,(H,28,31)/t25-/m0/s1. The maximum absolute atomic E-state index is 13.3. The van der Waals surface area contributed by atoms with Crippen molar-refractivity contribution in [2.45, 2.75) is 26.3 Å². The van der Waals surface area contributed by atoms with E-state index in [1.165, 1.54) is 0 Å². The van der Waals surface area contributed by atoms with Crippen LogP contribution in [0.15, 0.2) is 66.9 Å². The SMILES string of the molecule is CC(C)[C@H](NC(=O)Cc1cccc2ccccc12)C(=O)N1CCN(c2ccccn2)CC1. The van der Waals surface area contributed by atoms with Crippen molar-refractivity contribution in [3.63, 3.8) is 0 Å². The van der Waals surface area contributed by atoms with Crippen molar-refractivity contribution in [1.82, 2.24) is 15.2 Å². The van der Waals surface area contributed by atoms with Gasteiger partial charge in [0, 0.05) is 32.4 Å². The summed E-state index contributed by atoms with van der Waals surface area (Å²) in [4.78, 5) is 34.6. The van der Waals surface area contributed by atoms with Crippen molar-refractivity contribution in [3.05, 3.63) is 72.4 Å². The molecular formula is C26H30N4O2. The molecule has 0 bridgehead atoms. The lowest BCUT2D eigenvalue weighted by Crippen LogP contribution is -2.56. The second-order valence-corrected chi connectivity index (χ2v) is 8.60. The normalized spacial score (nSPS) is 15.1. The molecule has 4 rings (SSSR count). The van der Waals surface area contributed by atoms with Crippen LogP contribution in [0.5, 0.6) is 0 Å². The Hall–Kier alpha value is -3.41. The molecule has 0 unspecified atom stereocenters. The Morgan fingerprint density at radius 3 is 2.38 bits per heavy atom. The van der Waals surface area contributed by atoms with Gasteiger partial charge in [-0.2, -0.15) is 0 Å². The molecule has 0 spiro atoms. The van der Waals surface area contributed by atoms with Crippen LogP contribution in [-0.2, 0) is 16.0 Å². The van der Waals surface area contributed by atoms with Crippen molar-refractivity contribution >= 4 is 28.4 Å². The number of fused-ring (bicyclic) bond motifs is 1. The van der Waals surface area contributed by atoms with Crippen LogP contribution in [0.3, 0.4) is 0 Å². The highest BCUT2D eigenvalue weighted by Crippen LogP contribution is 2.19. The van der Waals surface area contributed by atoms with Crippen LogP contribution in [0, 0.1) is 5.92 Å². The van der Waals surface area contributed by atoms with Crippen molar-refractivity contribution in [2.24, 2.45) is 5.92 Å². The third-order valence-corrected chi connectivity index (χ3v) is 6.04. The first-order valence-electron chi connectivity index (χ1n) is 11.2. The number of piperazine rings is 1. The molecule has 3 aromatic rings. The molecule has 2 amide bonds. The summed E-state index contributed by atoms with van der Waals surface area (Å²) in [5.74, 6) is 0.809. The number of rotatable bonds is 6. The van der Waals surface area contributed by atoms with E-state index >= 15 is 0 Å². The second kappa shape index (κ2) is 9.81. The molecule has 1 atom stereocenters. The number of hydrogen-bond donors (Lipinski definition) is 1. The molecule has 0 radical (unpaired) electrons. The summed E-state index contributed by atoms with van der Waals surface area (Å²) in [6, 6.07) is 19.4. The summed E-state index contributed by atoms with van der Waals surface area (Å²) in [5.41, 5.74) is 0.972. The van der Waals surface area contributed by atoms with E-state index in [9.17, 15) is 9.59 Å². The van der Waals surface area contributed by atoms with E-state index in [1.54, 1.807) is 6.20 Å². The molecule has 2 heterocycles. The first kappa shape index (κ1) is 21.8. The Morgan fingerprint density at radius 2 is 1.66 bits per heavy atom. The summed E-state index contributed by atoms with van der Waals surface area (Å²) < 4.78 is 0. The van der Waals surface area contributed by atoms with Crippen molar-refractivity contribution in [3.8, 4) is 0 Å². The lowest BCUT2D eigenvalue weighted by Gasteiger charge is -2.37. The molecule has 0 aliphatic carbocycles. The number of aromatic nitrogens is 1. The third-order valence-electron chi connectivity index (χ3n) is 6.04. The number of carbonyl (C=O) groups excluding carboxylic acids is 2. The minimum atomic E-state index is -0.529. The van der Waals surface area contributed by atoms with E-state index in [2.05, 4.69) is 15.2 Å². The lowest BCUT2D eigenvalue weighted by molar-refractivity contribution is -0.137. The van der Waals surface area contributed by atoms with Crippen LogP contribution < -0.4 is 10.2 Å². The molecule has 1 saturated heterocycles. The number of nitrogens with zero attached hydrogens (tertiary/aromatic N) is 3. The van der Waals surface area contributed by atoms with E-state index in [0.717, 1.165) is 35.2 Å². The van der Waals surface area contributed by atoms with Crippen molar-refractivity contribution in [2.75, 3.05) is 31.1 Å². The molecule has 1 fully saturated rings. The maximum atomic E-state index is 13.3. The molecular weight excluding hydrogens is 400 g/mol. The first-order valence-corrected chi connectivity index (χ1v) is 11.2. The molecule has 1 aliphatic rings. The summed E-state index contributed by atoms with van der Waals surface area (Å²) >= 11 is 0. The molecule has 166 valence electrons. The predicted molar refractivity (Wildman–Crippen MR) is 127 cm³/mol. The Morgan fingerprint density at radius 1 is 0.938 bits per heavy atom. The Labute approximate surface area is 189 Å². The summed E-state index contributed by atoms with van der Waals surface area (Å²) in [5, 5.41) is 5.20. The quantitative estimate of drug-likeness (QED) is 0.652. The number of nitrogens with one attached hydrogen (secondary N) is 1. The van der Waals surface area contributed by atoms with Gasteiger partial charge >= 0.3 is 0 Å². The first-order chi connectivity index (χ1) is 15.5. The van der Waals surface area contributed by atoms with Crippen molar-refractivity contribution in [1.29, 1.82) is 0 Å². The van der Waals surface area contributed by atoms with Gasteiger partial charge in [-0.3, -0.25) is 9.59 Å². The second-order valence-electron chi connectivity index (χ2n) is 8.60. The van der Waals surface area contributed by atoms with Crippen LogP contribution in [0.1, 0.15) is 19.4 Å². The topological polar surface area (TPSA) is 65.5 Å². The van der Waals surface area contributed by atoms with E-state index in [-0.39, 0.29) is 24.2 Å². The van der Waals surface area contributed by atoms with Gasteiger partial charge in [0.05, 0.1) is 6.42 Å². The van der Waals surface area contributed by atoms with E-state index in [4.69, 9.17) is 0 Å². The van der Waals surface area contributed by atoms with Crippen LogP contribution >= 0.6 is 0 Å². The molecule has 0 saturated carbocycles. The fraction of sp³-hybridized carbons (Fsp3) is 0.346. The van der Waals surface area contributed by atoms with Gasteiger partial charge < -0.3 is 15.1 Å². The average molecular weight is 431 g/mol. The van der Waals surface area contributed by atoms with Gasteiger partial charge in [0.2, 0.25) is 11.8 Å². The minimum Gasteiger partial charge on any atom is -0.353 e. The number of benzene rings is 2. The predicted octanol–water partition coefficient (Wildman–Crippen LogP) is 3.27. The lowest BCUT2D eigenvalue weighted by atomic mass is 9.99. The van der Waals surface area contributed by atoms with Gasteiger partial charge in [0.1, 0.15) is 11.9 Å². The zero-order chi connectivity index (χ0) is 22.5. The smallest absolute Gasteiger partial charge is 0.245 e. The Balaban J connectivity index is 1.39. The number of carbonyl (C=O) groups is 2. The number of anilines is 1. The van der Waals surface area contributed by atoms with E-state index < -0.39 is 6.04 Å².